The molecule has 1 amide bonds. The van der Waals surface area contributed by atoms with Crippen LogP contribution >= 0.6 is 0 Å². The number of carbonyl (C=O) groups is 2. The van der Waals surface area contributed by atoms with Gasteiger partial charge in [-0.1, -0.05) is 19.4 Å². The largest absolute Gasteiger partial charge is 0.481 e. The Hall–Kier alpha value is -2.04. The summed E-state index contributed by atoms with van der Waals surface area (Å²) in [6, 6.07) is 5.27. The lowest BCUT2D eigenvalue weighted by Crippen LogP contribution is -2.36. The fourth-order valence-electron chi connectivity index (χ4n) is 2.49. The number of fused-ring (bicyclic) bond motifs is 1. The van der Waals surface area contributed by atoms with Crippen LogP contribution < -0.4 is 10.6 Å². The smallest absolute Gasteiger partial charge is 0.305 e. The summed E-state index contributed by atoms with van der Waals surface area (Å²) >= 11 is 0. The van der Waals surface area contributed by atoms with Crippen molar-refractivity contribution in [1.29, 1.82) is 0 Å². The molecule has 0 saturated heterocycles. The van der Waals surface area contributed by atoms with E-state index in [0.717, 1.165) is 25.1 Å². The number of anilines is 1. The molecular weight excluding hydrogens is 256 g/mol. The summed E-state index contributed by atoms with van der Waals surface area (Å²) in [7, 11) is 0. The third-order valence-electron chi connectivity index (χ3n) is 3.48. The zero-order chi connectivity index (χ0) is 14.5. The van der Waals surface area contributed by atoms with Crippen molar-refractivity contribution in [2.75, 3.05) is 11.9 Å². The number of carbonyl (C=O) groups excluding carboxylic acids is 1. The Morgan fingerprint density at radius 1 is 1.45 bits per heavy atom. The molecule has 1 aromatic carbocycles. The summed E-state index contributed by atoms with van der Waals surface area (Å²) in [5.41, 5.74) is 2.80. The molecule has 0 aromatic heterocycles. The van der Waals surface area contributed by atoms with Gasteiger partial charge in [-0.15, -0.1) is 0 Å². The molecule has 1 aliphatic rings. The van der Waals surface area contributed by atoms with Gasteiger partial charge in [0.05, 0.1) is 6.42 Å². The molecule has 20 heavy (non-hydrogen) atoms. The van der Waals surface area contributed by atoms with Gasteiger partial charge >= 0.3 is 5.97 Å². The molecule has 1 aliphatic heterocycles. The van der Waals surface area contributed by atoms with Gasteiger partial charge < -0.3 is 15.7 Å². The molecule has 0 saturated carbocycles. The van der Waals surface area contributed by atoms with Gasteiger partial charge in [0.2, 0.25) is 0 Å². The van der Waals surface area contributed by atoms with Crippen LogP contribution in [0.15, 0.2) is 18.2 Å². The molecule has 0 radical (unpaired) electrons. The molecule has 5 nitrogen and oxygen atoms in total. The highest BCUT2D eigenvalue weighted by molar-refractivity contribution is 5.95. The first-order chi connectivity index (χ1) is 9.60. The fourth-order valence-corrected chi connectivity index (χ4v) is 2.49. The first-order valence-electron chi connectivity index (χ1n) is 6.99. The van der Waals surface area contributed by atoms with E-state index in [1.807, 2.05) is 19.1 Å². The Morgan fingerprint density at radius 3 is 2.95 bits per heavy atom. The second-order valence-corrected chi connectivity index (χ2v) is 5.11. The maximum absolute atomic E-state index is 12.2. The van der Waals surface area contributed by atoms with Crippen LogP contribution in [-0.2, 0) is 11.2 Å². The highest BCUT2D eigenvalue weighted by Gasteiger charge is 2.18. The average Bonchev–Trinajstić information content (AvgIpc) is 2.85. The van der Waals surface area contributed by atoms with E-state index in [4.69, 9.17) is 5.11 Å². The number of benzene rings is 1. The Balaban J connectivity index is 2.04. The summed E-state index contributed by atoms with van der Waals surface area (Å²) in [5, 5.41) is 14.9. The van der Waals surface area contributed by atoms with Gasteiger partial charge in [0.1, 0.15) is 0 Å². The van der Waals surface area contributed by atoms with Crippen LogP contribution in [0.2, 0.25) is 0 Å². The molecular formula is C15H20N2O3. The van der Waals surface area contributed by atoms with Gasteiger partial charge in [-0.3, -0.25) is 9.59 Å². The Labute approximate surface area is 118 Å². The number of carboxylic acid groups (broad SMARTS) is 1. The van der Waals surface area contributed by atoms with Crippen LogP contribution in [0.5, 0.6) is 0 Å². The molecule has 3 N–H and O–H groups in total. The highest BCUT2D eigenvalue weighted by atomic mass is 16.4. The second kappa shape index (κ2) is 6.41. The average molecular weight is 276 g/mol. The minimum absolute atomic E-state index is 0.0389. The Morgan fingerprint density at radius 2 is 2.25 bits per heavy atom. The van der Waals surface area contributed by atoms with Crippen molar-refractivity contribution in [2.24, 2.45) is 0 Å². The maximum atomic E-state index is 12.2. The molecule has 0 spiro atoms. The minimum atomic E-state index is -0.889. The van der Waals surface area contributed by atoms with Crippen molar-refractivity contribution in [3.05, 3.63) is 29.3 Å². The third-order valence-corrected chi connectivity index (χ3v) is 3.48. The van der Waals surface area contributed by atoms with Crippen molar-refractivity contribution >= 4 is 17.6 Å². The van der Waals surface area contributed by atoms with E-state index in [9.17, 15) is 9.59 Å². The lowest BCUT2D eigenvalue weighted by Gasteiger charge is -2.16. The molecule has 0 aliphatic carbocycles. The van der Waals surface area contributed by atoms with Crippen molar-refractivity contribution in [3.63, 3.8) is 0 Å². The van der Waals surface area contributed by atoms with Crippen molar-refractivity contribution < 1.29 is 14.7 Å². The van der Waals surface area contributed by atoms with Crippen molar-refractivity contribution in [2.45, 2.75) is 38.6 Å². The molecule has 2 rings (SSSR count). The molecule has 0 bridgehead atoms. The zero-order valence-electron chi connectivity index (χ0n) is 11.6. The normalized spacial score (nSPS) is 14.2. The number of amides is 1. The maximum Gasteiger partial charge on any atom is 0.305 e. The quantitative estimate of drug-likeness (QED) is 0.743. The van der Waals surface area contributed by atoms with Gasteiger partial charge in [-0.05, 0) is 30.5 Å². The van der Waals surface area contributed by atoms with Crippen LogP contribution in [0.1, 0.15) is 42.1 Å². The van der Waals surface area contributed by atoms with Crippen LogP contribution in [0, 0.1) is 0 Å². The standard InChI is InChI=1S/C15H20N2O3/c1-2-3-12(9-14(18)19)17-15(20)11-5-4-10-6-7-16-13(10)8-11/h4-5,8,12,16H,2-3,6-7,9H2,1H3,(H,17,20)(H,18,19). The van der Waals surface area contributed by atoms with E-state index in [-0.39, 0.29) is 18.4 Å². The monoisotopic (exact) mass is 276 g/mol. The fraction of sp³-hybridized carbons (Fsp3) is 0.467. The molecule has 1 unspecified atom stereocenters. The van der Waals surface area contributed by atoms with Crippen LogP contribution in [-0.4, -0.2) is 29.6 Å². The molecule has 1 aromatic rings. The first-order valence-corrected chi connectivity index (χ1v) is 6.99. The summed E-state index contributed by atoms with van der Waals surface area (Å²) in [5.74, 6) is -1.10. The summed E-state index contributed by atoms with van der Waals surface area (Å²) in [4.78, 5) is 23.0. The number of carboxylic acids is 1. The third kappa shape index (κ3) is 3.50. The van der Waals surface area contributed by atoms with Gasteiger partial charge in [0, 0.05) is 23.8 Å². The van der Waals surface area contributed by atoms with E-state index < -0.39 is 5.97 Å². The highest BCUT2D eigenvalue weighted by Crippen LogP contribution is 2.23. The lowest BCUT2D eigenvalue weighted by atomic mass is 10.1. The predicted molar refractivity (Wildman–Crippen MR) is 77.1 cm³/mol. The van der Waals surface area contributed by atoms with Crippen LogP contribution in [0.4, 0.5) is 5.69 Å². The summed E-state index contributed by atoms with van der Waals surface area (Å²) < 4.78 is 0. The topological polar surface area (TPSA) is 78.4 Å². The molecule has 1 heterocycles. The Kier molecular flexibility index (Phi) is 4.61. The van der Waals surface area contributed by atoms with Crippen LogP contribution in [0.3, 0.4) is 0 Å². The summed E-state index contributed by atoms with van der Waals surface area (Å²) in [6.07, 6.45) is 2.45. The van der Waals surface area contributed by atoms with Gasteiger partial charge in [0.15, 0.2) is 0 Å². The van der Waals surface area contributed by atoms with Gasteiger partial charge in [-0.2, -0.15) is 0 Å². The minimum Gasteiger partial charge on any atom is -0.481 e. The van der Waals surface area contributed by atoms with E-state index >= 15 is 0 Å². The van der Waals surface area contributed by atoms with Gasteiger partial charge in [-0.25, -0.2) is 0 Å². The molecule has 5 heteroatoms. The Bertz CT molecular complexity index is 514. The van der Waals surface area contributed by atoms with E-state index in [0.29, 0.717) is 12.0 Å². The number of rotatable bonds is 6. The second-order valence-electron chi connectivity index (χ2n) is 5.11. The van der Waals surface area contributed by atoms with E-state index in [1.54, 1.807) is 6.07 Å². The molecule has 108 valence electrons. The first kappa shape index (κ1) is 14.4. The molecule has 1 atom stereocenters. The number of nitrogens with one attached hydrogen (secondary N) is 2. The molecule has 0 fully saturated rings. The number of hydrogen-bond donors (Lipinski definition) is 3. The lowest BCUT2D eigenvalue weighted by molar-refractivity contribution is -0.137. The van der Waals surface area contributed by atoms with Gasteiger partial charge in [0.25, 0.3) is 5.91 Å². The van der Waals surface area contributed by atoms with E-state index in [1.165, 1.54) is 5.56 Å². The van der Waals surface area contributed by atoms with Crippen molar-refractivity contribution in [3.8, 4) is 0 Å². The number of aliphatic carboxylic acids is 1. The summed E-state index contributed by atoms with van der Waals surface area (Å²) in [6.45, 7) is 2.87. The zero-order valence-corrected chi connectivity index (χ0v) is 11.6. The van der Waals surface area contributed by atoms with E-state index in [2.05, 4.69) is 10.6 Å². The number of hydrogen-bond acceptors (Lipinski definition) is 3. The SMILES string of the molecule is CCCC(CC(=O)O)NC(=O)c1ccc2c(c1)NCC2. The predicted octanol–water partition coefficient (Wildman–Crippen LogP) is 2.03. The van der Waals surface area contributed by atoms with Crippen LogP contribution in [0.25, 0.3) is 0 Å². The van der Waals surface area contributed by atoms with Crippen molar-refractivity contribution in [1.82, 2.24) is 5.32 Å².